The van der Waals surface area contributed by atoms with Crippen molar-refractivity contribution in [2.24, 2.45) is 11.3 Å². The number of carboxylic acid groups (broad SMARTS) is 1. The molecule has 35 heavy (non-hydrogen) atoms. The molecule has 1 atom stereocenters. The van der Waals surface area contributed by atoms with Gasteiger partial charge in [0.05, 0.1) is 0 Å². The number of hydrogen-bond donors (Lipinski definition) is 3. The van der Waals surface area contributed by atoms with Gasteiger partial charge >= 0.3 is 12.1 Å². The van der Waals surface area contributed by atoms with E-state index in [1.807, 2.05) is 24.3 Å². The molecule has 2 aromatic rings. The standard InChI is InChI=1S/C28H36N2O5/c1-28(2,3)19(12-13-26(32)33)14-16-29-25(31)15-17-30-27(34)35-18-24-22-10-6-4-8-20(22)21-9-5-7-11-23(21)24/h4-11,19,24H,12-18H2,1-3H3,(H,29,31)(H,30,34)(H,32,33). The van der Waals surface area contributed by atoms with E-state index in [-0.39, 0.29) is 49.2 Å². The highest BCUT2D eigenvalue weighted by molar-refractivity contribution is 5.79. The van der Waals surface area contributed by atoms with E-state index < -0.39 is 12.1 Å². The average molecular weight is 481 g/mol. The van der Waals surface area contributed by atoms with Crippen LogP contribution in [0.4, 0.5) is 4.79 Å². The number of nitrogens with one attached hydrogen (secondary N) is 2. The van der Waals surface area contributed by atoms with Gasteiger partial charge in [0.2, 0.25) is 5.91 Å². The zero-order valence-electron chi connectivity index (χ0n) is 20.8. The van der Waals surface area contributed by atoms with E-state index in [1.165, 1.54) is 11.1 Å². The van der Waals surface area contributed by atoms with E-state index in [0.717, 1.165) is 11.1 Å². The van der Waals surface area contributed by atoms with Gasteiger partial charge < -0.3 is 20.5 Å². The van der Waals surface area contributed by atoms with Gasteiger partial charge in [0, 0.05) is 31.8 Å². The lowest BCUT2D eigenvalue weighted by atomic mass is 9.76. The summed E-state index contributed by atoms with van der Waals surface area (Å²) in [5.74, 6) is -0.774. The van der Waals surface area contributed by atoms with Crippen LogP contribution in [0.3, 0.4) is 0 Å². The number of fused-ring (bicyclic) bond motifs is 3. The van der Waals surface area contributed by atoms with Crippen LogP contribution in [0.15, 0.2) is 48.5 Å². The molecule has 0 heterocycles. The van der Waals surface area contributed by atoms with E-state index in [0.29, 0.717) is 19.4 Å². The molecule has 3 rings (SSSR count). The lowest BCUT2D eigenvalue weighted by Gasteiger charge is -2.30. The molecular formula is C28H36N2O5. The molecule has 0 saturated heterocycles. The summed E-state index contributed by atoms with van der Waals surface area (Å²) < 4.78 is 5.49. The Hall–Kier alpha value is -3.35. The normalized spacial score (nSPS) is 13.5. The van der Waals surface area contributed by atoms with Crippen LogP contribution < -0.4 is 10.6 Å². The summed E-state index contributed by atoms with van der Waals surface area (Å²) in [5, 5.41) is 14.5. The molecule has 1 aliphatic rings. The number of alkyl carbamates (subject to hydrolysis) is 1. The molecule has 0 bridgehead atoms. The zero-order chi connectivity index (χ0) is 25.4. The third kappa shape index (κ3) is 7.31. The quantitative estimate of drug-likeness (QED) is 0.422. The molecule has 0 fully saturated rings. The second-order valence-corrected chi connectivity index (χ2v) is 10.1. The van der Waals surface area contributed by atoms with Crippen LogP contribution in [-0.2, 0) is 14.3 Å². The highest BCUT2D eigenvalue weighted by atomic mass is 16.5. The number of carbonyl (C=O) groups excluding carboxylic acids is 2. The van der Waals surface area contributed by atoms with Crippen molar-refractivity contribution in [3.63, 3.8) is 0 Å². The van der Waals surface area contributed by atoms with Crippen molar-refractivity contribution < 1.29 is 24.2 Å². The largest absolute Gasteiger partial charge is 0.481 e. The van der Waals surface area contributed by atoms with Crippen molar-refractivity contribution in [3.05, 3.63) is 59.7 Å². The summed E-state index contributed by atoms with van der Waals surface area (Å²) in [4.78, 5) is 35.3. The molecule has 0 saturated carbocycles. The Labute approximate surface area is 207 Å². The lowest BCUT2D eigenvalue weighted by molar-refractivity contribution is -0.137. The third-order valence-corrected chi connectivity index (χ3v) is 6.71. The smallest absolute Gasteiger partial charge is 0.407 e. The minimum absolute atomic E-state index is 0.00617. The summed E-state index contributed by atoms with van der Waals surface area (Å²) in [6.45, 7) is 7.14. The fourth-order valence-corrected chi connectivity index (χ4v) is 4.71. The number of ether oxygens (including phenoxy) is 1. The first kappa shape index (κ1) is 26.3. The number of amides is 2. The number of benzene rings is 2. The van der Waals surface area contributed by atoms with Crippen molar-refractivity contribution in [1.29, 1.82) is 0 Å². The maximum atomic E-state index is 12.2. The van der Waals surface area contributed by atoms with Crippen LogP contribution in [0.2, 0.25) is 0 Å². The number of aliphatic carboxylic acids is 1. The van der Waals surface area contributed by atoms with Gasteiger partial charge in [0.15, 0.2) is 0 Å². The maximum absolute atomic E-state index is 12.2. The third-order valence-electron chi connectivity index (χ3n) is 6.71. The number of carboxylic acids is 1. The minimum atomic E-state index is -0.803. The monoisotopic (exact) mass is 480 g/mol. The van der Waals surface area contributed by atoms with Gasteiger partial charge in [0.1, 0.15) is 6.61 Å². The van der Waals surface area contributed by atoms with E-state index in [1.54, 1.807) is 0 Å². The van der Waals surface area contributed by atoms with Gasteiger partial charge in [-0.3, -0.25) is 9.59 Å². The lowest BCUT2D eigenvalue weighted by Crippen LogP contribution is -2.33. The molecule has 2 amide bonds. The van der Waals surface area contributed by atoms with Crippen molar-refractivity contribution in [2.45, 2.75) is 52.4 Å². The van der Waals surface area contributed by atoms with Crippen molar-refractivity contribution >= 4 is 18.0 Å². The minimum Gasteiger partial charge on any atom is -0.481 e. The second kappa shape index (κ2) is 11.9. The number of carbonyl (C=O) groups is 3. The molecule has 0 aliphatic heterocycles. The summed E-state index contributed by atoms with van der Waals surface area (Å²) in [5.41, 5.74) is 4.61. The van der Waals surface area contributed by atoms with Crippen LogP contribution in [0.5, 0.6) is 0 Å². The first-order valence-electron chi connectivity index (χ1n) is 12.2. The van der Waals surface area contributed by atoms with Crippen molar-refractivity contribution in [2.75, 3.05) is 19.7 Å². The SMILES string of the molecule is CC(C)(C)C(CCNC(=O)CCNC(=O)OCC1c2ccccc2-c2ccccc21)CCC(=O)O. The first-order chi connectivity index (χ1) is 16.7. The first-order valence-corrected chi connectivity index (χ1v) is 12.2. The number of hydrogen-bond acceptors (Lipinski definition) is 4. The van der Waals surface area contributed by atoms with Crippen LogP contribution in [0.1, 0.15) is 63.5 Å². The van der Waals surface area contributed by atoms with Crippen molar-refractivity contribution in [3.8, 4) is 11.1 Å². The Morgan fingerprint density at radius 1 is 0.886 bits per heavy atom. The summed E-state index contributed by atoms with van der Waals surface area (Å²) in [6.07, 6.45) is 1.03. The predicted molar refractivity (Wildman–Crippen MR) is 135 cm³/mol. The second-order valence-electron chi connectivity index (χ2n) is 10.1. The topological polar surface area (TPSA) is 105 Å². The molecule has 7 heteroatoms. The van der Waals surface area contributed by atoms with E-state index >= 15 is 0 Å². The zero-order valence-corrected chi connectivity index (χ0v) is 20.8. The Bertz CT molecular complexity index is 998. The van der Waals surface area contributed by atoms with Crippen LogP contribution in [0.25, 0.3) is 11.1 Å². The van der Waals surface area contributed by atoms with Gasteiger partial charge in [-0.2, -0.15) is 0 Å². The molecule has 0 aromatic heterocycles. The molecule has 1 aliphatic carbocycles. The molecule has 188 valence electrons. The van der Waals surface area contributed by atoms with E-state index in [4.69, 9.17) is 9.84 Å². The van der Waals surface area contributed by atoms with Gasteiger partial charge in [-0.25, -0.2) is 4.79 Å². The van der Waals surface area contributed by atoms with Gasteiger partial charge in [0.25, 0.3) is 0 Å². The average Bonchev–Trinajstić information content (AvgIpc) is 3.12. The highest BCUT2D eigenvalue weighted by Crippen LogP contribution is 2.44. The molecule has 0 spiro atoms. The molecule has 1 unspecified atom stereocenters. The molecule has 3 N–H and O–H groups in total. The summed E-state index contributed by atoms with van der Waals surface area (Å²) in [7, 11) is 0. The summed E-state index contributed by atoms with van der Waals surface area (Å²) >= 11 is 0. The molecule has 2 aromatic carbocycles. The predicted octanol–water partition coefficient (Wildman–Crippen LogP) is 4.95. The number of rotatable bonds is 11. The van der Waals surface area contributed by atoms with E-state index in [9.17, 15) is 14.4 Å². The van der Waals surface area contributed by atoms with E-state index in [2.05, 4.69) is 55.7 Å². The van der Waals surface area contributed by atoms with Crippen LogP contribution in [0, 0.1) is 11.3 Å². The van der Waals surface area contributed by atoms with Gasteiger partial charge in [-0.05, 0) is 46.4 Å². The summed E-state index contributed by atoms with van der Waals surface area (Å²) in [6, 6.07) is 16.3. The highest BCUT2D eigenvalue weighted by Gasteiger charge is 2.29. The fourth-order valence-electron chi connectivity index (χ4n) is 4.71. The van der Waals surface area contributed by atoms with Crippen molar-refractivity contribution in [1.82, 2.24) is 10.6 Å². The van der Waals surface area contributed by atoms with Crippen LogP contribution in [-0.4, -0.2) is 42.8 Å². The molecule has 7 nitrogen and oxygen atoms in total. The fraction of sp³-hybridized carbons (Fsp3) is 0.464. The van der Waals surface area contributed by atoms with Gasteiger partial charge in [-0.15, -0.1) is 0 Å². The Morgan fingerprint density at radius 2 is 1.49 bits per heavy atom. The Morgan fingerprint density at radius 3 is 2.06 bits per heavy atom. The maximum Gasteiger partial charge on any atom is 0.407 e. The van der Waals surface area contributed by atoms with Gasteiger partial charge in [-0.1, -0.05) is 69.3 Å². The Balaban J connectivity index is 1.38. The Kier molecular flexibility index (Phi) is 8.90. The molecular weight excluding hydrogens is 444 g/mol. The molecule has 0 radical (unpaired) electrons. The van der Waals surface area contributed by atoms with Crippen LogP contribution >= 0.6 is 0 Å².